The number of hydrogen-bond acceptors (Lipinski definition) is 18. The second-order valence-electron chi connectivity index (χ2n) is 16.3. The van der Waals surface area contributed by atoms with Crippen LogP contribution in [0.1, 0.15) is 123 Å². The first-order chi connectivity index (χ1) is 30.6. The van der Waals surface area contributed by atoms with Gasteiger partial charge in [-0.15, -0.1) is 0 Å². The lowest BCUT2D eigenvalue weighted by Gasteiger charge is -2.30. The topological polar surface area (TPSA) is 364 Å². The van der Waals surface area contributed by atoms with Gasteiger partial charge < -0.3 is 50.9 Å². The molecular formula is C37H66N7O17P3S. The van der Waals surface area contributed by atoms with E-state index < -0.39 is 84.6 Å². The van der Waals surface area contributed by atoms with Gasteiger partial charge in [0.2, 0.25) is 11.8 Å². The highest BCUT2D eigenvalue weighted by Gasteiger charge is 2.50. The van der Waals surface area contributed by atoms with Crippen molar-refractivity contribution >= 4 is 69.1 Å². The van der Waals surface area contributed by atoms with E-state index in [1.54, 1.807) is 0 Å². The molecule has 1 fully saturated rings. The van der Waals surface area contributed by atoms with Gasteiger partial charge in [-0.25, -0.2) is 28.6 Å². The van der Waals surface area contributed by atoms with Crippen LogP contribution < -0.4 is 16.4 Å². The molecule has 0 aromatic carbocycles. The number of thioether (sulfide) groups is 1. The van der Waals surface area contributed by atoms with Gasteiger partial charge in [-0.1, -0.05) is 110 Å². The Morgan fingerprint density at radius 3 is 2.09 bits per heavy atom. The van der Waals surface area contributed by atoms with Crippen molar-refractivity contribution in [1.82, 2.24) is 30.2 Å². The van der Waals surface area contributed by atoms with Crippen LogP contribution in [0.4, 0.5) is 5.82 Å². The number of nitrogens with two attached hydrogens (primary N) is 1. The lowest BCUT2D eigenvalue weighted by atomic mass is 9.87. The Labute approximate surface area is 382 Å². The summed E-state index contributed by atoms with van der Waals surface area (Å²) in [6.45, 7) is 2.81. The lowest BCUT2D eigenvalue weighted by Crippen LogP contribution is -2.46. The second kappa shape index (κ2) is 27.5. The summed E-state index contributed by atoms with van der Waals surface area (Å²) in [6.07, 6.45) is 9.53. The number of aliphatic hydroxyl groups is 2. The fourth-order valence-electron chi connectivity index (χ4n) is 6.65. The summed E-state index contributed by atoms with van der Waals surface area (Å²) >= 11 is 1.15. The molecule has 1 aliphatic heterocycles. The van der Waals surface area contributed by atoms with Crippen molar-refractivity contribution < 1.29 is 80.5 Å². The van der Waals surface area contributed by atoms with Gasteiger partial charge in [0.05, 0.1) is 19.5 Å². The number of carbonyl (C=O) groups is 3. The fraction of sp³-hybridized carbons (Fsp3) is 0.784. The zero-order valence-electron chi connectivity index (χ0n) is 37.0. The number of anilines is 1. The molecule has 372 valence electrons. The maximum Gasteiger partial charge on any atom is 0.481 e. The van der Waals surface area contributed by atoms with Gasteiger partial charge in [0.1, 0.15) is 36.3 Å². The molecule has 1 saturated heterocycles. The molecule has 10 N–H and O–H groups in total. The van der Waals surface area contributed by atoms with Gasteiger partial charge in [0, 0.05) is 37.1 Å². The SMILES string of the molecule is CCCCCCCCCCCCCCCC(=O)SCCNC(=O)CCNC(=O)[C@H](O)C(C)(C)COP(=O)(O)OP(=O)(O)OC[C@H]1O[C@@H](n2cnc3c(N)ncnc32)[C@H](O)[C@H]1OP(=O)(O)O. The van der Waals surface area contributed by atoms with Gasteiger partial charge in [0.15, 0.2) is 22.8 Å². The standard InChI is InChI=1S/C37H66N7O17P3S/c1-4-5-6-7-8-9-10-11-12-13-14-15-16-17-28(46)65-21-20-39-27(45)18-19-40-35(49)32(48)37(2,3)23-58-64(55,56)61-63(53,54)57-22-26-31(60-62(50,51)52)30(47)36(59-26)44-25-43-29-33(38)41-24-42-34(29)44/h24-26,30-32,36,47-48H,4-23H2,1-3H3,(H,39,45)(H,40,49)(H,53,54)(H,55,56)(H2,38,41,42)(H2,50,51,52)/t26-,30-,31+,32+,36-/m1/s1. The van der Waals surface area contributed by atoms with Crippen molar-refractivity contribution in [2.75, 3.05) is 37.8 Å². The van der Waals surface area contributed by atoms with Crippen LogP contribution in [-0.2, 0) is 50.7 Å². The monoisotopic (exact) mass is 1010 g/mol. The number of aliphatic hydroxyl groups excluding tert-OH is 2. The maximum atomic E-state index is 12.7. The number of nitrogens with zero attached hydrogens (tertiary/aromatic N) is 4. The van der Waals surface area contributed by atoms with Gasteiger partial charge in [-0.3, -0.25) is 32.5 Å². The highest BCUT2D eigenvalue weighted by Crippen LogP contribution is 2.61. The molecule has 24 nitrogen and oxygen atoms in total. The molecule has 2 unspecified atom stereocenters. The highest BCUT2D eigenvalue weighted by molar-refractivity contribution is 8.13. The first kappa shape index (κ1) is 56.9. The van der Waals surface area contributed by atoms with Crippen LogP contribution in [-0.4, -0.2) is 123 Å². The van der Waals surface area contributed by atoms with E-state index in [2.05, 4.69) is 41.3 Å². The number of unbranched alkanes of at least 4 members (excludes halogenated alkanes) is 12. The van der Waals surface area contributed by atoms with Gasteiger partial charge in [-0.05, 0) is 6.42 Å². The molecule has 7 atom stereocenters. The van der Waals surface area contributed by atoms with Crippen molar-refractivity contribution in [3.05, 3.63) is 12.7 Å². The van der Waals surface area contributed by atoms with E-state index in [-0.39, 0.29) is 41.6 Å². The van der Waals surface area contributed by atoms with Crippen LogP contribution in [0.3, 0.4) is 0 Å². The fourth-order valence-corrected chi connectivity index (χ4v) is 10.2. The summed E-state index contributed by atoms with van der Waals surface area (Å²) in [5.41, 5.74) is 4.29. The predicted octanol–water partition coefficient (Wildman–Crippen LogP) is 4.15. The van der Waals surface area contributed by atoms with E-state index in [4.69, 9.17) is 19.5 Å². The smallest absolute Gasteiger partial charge is 0.386 e. The molecule has 0 spiro atoms. The molecule has 65 heavy (non-hydrogen) atoms. The third-order valence-electron chi connectivity index (χ3n) is 10.2. The second-order valence-corrected chi connectivity index (χ2v) is 21.7. The summed E-state index contributed by atoms with van der Waals surface area (Å²) in [6, 6.07) is 0. The minimum Gasteiger partial charge on any atom is -0.386 e. The number of fused-ring (bicyclic) bond motifs is 1. The summed E-state index contributed by atoms with van der Waals surface area (Å²) in [5.74, 6) is -1.02. The molecule has 0 bridgehead atoms. The zero-order chi connectivity index (χ0) is 48.3. The van der Waals surface area contributed by atoms with Crippen LogP contribution in [0.2, 0.25) is 0 Å². The van der Waals surface area contributed by atoms with E-state index in [9.17, 15) is 57.9 Å². The molecule has 0 aliphatic carbocycles. The lowest BCUT2D eigenvalue weighted by molar-refractivity contribution is -0.137. The van der Waals surface area contributed by atoms with Crippen LogP contribution in [0.5, 0.6) is 0 Å². The van der Waals surface area contributed by atoms with Crippen molar-refractivity contribution in [3.63, 3.8) is 0 Å². The Balaban J connectivity index is 1.32. The van der Waals surface area contributed by atoms with Crippen LogP contribution in [0.15, 0.2) is 12.7 Å². The third-order valence-corrected chi connectivity index (χ3v) is 14.3. The number of rotatable bonds is 33. The Morgan fingerprint density at radius 2 is 1.48 bits per heavy atom. The molecule has 1 aliphatic rings. The Bertz CT molecular complexity index is 1960. The van der Waals surface area contributed by atoms with Crippen molar-refractivity contribution in [2.45, 2.75) is 148 Å². The number of nitrogens with one attached hydrogen (secondary N) is 2. The molecule has 0 radical (unpaired) electrons. The molecular weight excluding hydrogens is 939 g/mol. The molecule has 0 saturated carbocycles. The molecule has 2 aromatic rings. The number of imidazole rings is 1. The van der Waals surface area contributed by atoms with E-state index in [1.165, 1.54) is 78.1 Å². The summed E-state index contributed by atoms with van der Waals surface area (Å²) in [7, 11) is -16.4. The van der Waals surface area contributed by atoms with Crippen molar-refractivity contribution in [1.29, 1.82) is 0 Å². The van der Waals surface area contributed by atoms with Gasteiger partial charge >= 0.3 is 23.5 Å². The normalized spacial score (nSPS) is 20.3. The number of ether oxygens (including phenoxy) is 1. The molecule has 28 heteroatoms. The number of hydrogen-bond donors (Lipinski definition) is 9. The average molecular weight is 1010 g/mol. The summed E-state index contributed by atoms with van der Waals surface area (Å²) in [4.78, 5) is 88.3. The first-order valence-electron chi connectivity index (χ1n) is 21.6. The minimum absolute atomic E-state index is 0.0338. The molecule has 3 heterocycles. The maximum absolute atomic E-state index is 12.7. The zero-order valence-corrected chi connectivity index (χ0v) is 40.5. The summed E-state index contributed by atoms with van der Waals surface area (Å²) in [5, 5.41) is 26.6. The number of phosphoric acid groups is 3. The van der Waals surface area contributed by atoms with E-state index >= 15 is 0 Å². The van der Waals surface area contributed by atoms with Gasteiger partial charge in [0.25, 0.3) is 0 Å². The van der Waals surface area contributed by atoms with Crippen molar-refractivity contribution in [3.8, 4) is 0 Å². The number of aromatic nitrogens is 4. The number of phosphoric ester groups is 3. The third kappa shape index (κ3) is 20.8. The predicted molar refractivity (Wildman–Crippen MR) is 237 cm³/mol. The first-order valence-corrected chi connectivity index (χ1v) is 27.1. The van der Waals surface area contributed by atoms with E-state index in [0.717, 1.165) is 48.2 Å². The average Bonchev–Trinajstić information content (AvgIpc) is 3.79. The quantitative estimate of drug-likeness (QED) is 0.0358. The molecule has 3 rings (SSSR count). The minimum atomic E-state index is -5.57. The number of nitrogen functional groups attached to an aromatic ring is 1. The Kier molecular flexibility index (Phi) is 24.1. The van der Waals surface area contributed by atoms with E-state index in [1.807, 2.05) is 0 Å². The van der Waals surface area contributed by atoms with Crippen LogP contribution in [0, 0.1) is 5.41 Å². The molecule has 2 amide bonds. The van der Waals surface area contributed by atoms with Crippen LogP contribution in [0.25, 0.3) is 11.2 Å². The van der Waals surface area contributed by atoms with Crippen LogP contribution >= 0.6 is 35.2 Å². The Hall–Kier alpha value is -2.44. The number of carbonyl (C=O) groups excluding carboxylic acids is 3. The van der Waals surface area contributed by atoms with E-state index in [0.29, 0.717) is 12.2 Å². The number of amides is 2. The largest absolute Gasteiger partial charge is 0.481 e. The Morgan fingerprint density at radius 1 is 0.877 bits per heavy atom. The van der Waals surface area contributed by atoms with Crippen molar-refractivity contribution in [2.24, 2.45) is 5.41 Å². The highest BCUT2D eigenvalue weighted by atomic mass is 32.2. The molecule has 2 aromatic heterocycles. The van der Waals surface area contributed by atoms with Gasteiger partial charge in [-0.2, -0.15) is 4.31 Å². The summed E-state index contributed by atoms with van der Waals surface area (Å²) < 4.78 is 62.4.